The number of hydrogen-bond donors (Lipinski definition) is 0. The number of nitrogens with zero attached hydrogens (tertiary/aromatic N) is 3. The molecule has 0 bridgehead atoms. The molecular formula is C20H24ClN3O3. The Morgan fingerprint density at radius 2 is 1.93 bits per heavy atom. The lowest BCUT2D eigenvalue weighted by molar-refractivity contribution is -0.154. The predicted molar refractivity (Wildman–Crippen MR) is 103 cm³/mol. The fourth-order valence-corrected chi connectivity index (χ4v) is 3.38. The Kier molecular flexibility index (Phi) is 6.91. The Morgan fingerprint density at radius 1 is 1.26 bits per heavy atom. The lowest BCUT2D eigenvalue weighted by Crippen LogP contribution is -2.50. The monoisotopic (exact) mass is 389 g/mol. The van der Waals surface area contributed by atoms with Crippen molar-refractivity contribution in [3.05, 3.63) is 59.2 Å². The van der Waals surface area contributed by atoms with Crippen LogP contribution >= 0.6 is 11.6 Å². The third kappa shape index (κ3) is 4.83. The van der Waals surface area contributed by atoms with Crippen molar-refractivity contribution in [2.45, 2.75) is 39.2 Å². The number of methoxy groups -OCH3 is 1. The van der Waals surface area contributed by atoms with E-state index >= 15 is 0 Å². The van der Waals surface area contributed by atoms with E-state index in [1.807, 2.05) is 32.1 Å². The average Bonchev–Trinajstić information content (AvgIpc) is 3.16. The minimum atomic E-state index is -1.03. The molecular weight excluding hydrogens is 366 g/mol. The Hall–Kier alpha value is -2.47. The number of esters is 1. The van der Waals surface area contributed by atoms with E-state index in [0.717, 1.165) is 11.1 Å². The summed E-state index contributed by atoms with van der Waals surface area (Å²) < 4.78 is 6.58. The van der Waals surface area contributed by atoms with Gasteiger partial charge in [-0.1, -0.05) is 35.4 Å². The standard InChI is InChI=1S/C20H24ClN3O3/c1-14(2)9-10-20(24-13-22-12-23-24,18(15(3)25)19(26)27-4)11-16-5-7-17(21)8-6-16/h5-9,12-13,18H,10-11H2,1-4H3. The van der Waals surface area contributed by atoms with Gasteiger partial charge in [-0.2, -0.15) is 5.10 Å². The number of carbonyl (C=O) groups is 2. The number of hydrogen-bond acceptors (Lipinski definition) is 5. The number of halogens is 1. The maximum atomic E-state index is 12.6. The molecule has 0 radical (unpaired) electrons. The Bertz CT molecular complexity index is 812. The lowest BCUT2D eigenvalue weighted by Gasteiger charge is -2.38. The van der Waals surface area contributed by atoms with Gasteiger partial charge in [0.2, 0.25) is 0 Å². The molecule has 1 heterocycles. The Morgan fingerprint density at radius 3 is 2.41 bits per heavy atom. The van der Waals surface area contributed by atoms with E-state index in [9.17, 15) is 9.59 Å². The number of rotatable bonds is 8. The van der Waals surface area contributed by atoms with E-state index in [-0.39, 0.29) is 5.78 Å². The number of allylic oxidation sites excluding steroid dienone is 2. The summed E-state index contributed by atoms with van der Waals surface area (Å²) in [5.41, 5.74) is 1.01. The molecule has 2 unspecified atom stereocenters. The zero-order valence-electron chi connectivity index (χ0n) is 16.0. The van der Waals surface area contributed by atoms with Gasteiger partial charge in [0.05, 0.1) is 12.6 Å². The number of Topliss-reactive ketones (excluding diaryl/α,β-unsaturated/α-hetero) is 1. The fraction of sp³-hybridized carbons (Fsp3) is 0.400. The first kappa shape index (κ1) is 20.8. The van der Waals surface area contributed by atoms with Crippen molar-refractivity contribution in [3.63, 3.8) is 0 Å². The van der Waals surface area contributed by atoms with Crippen LogP contribution in [0.15, 0.2) is 48.6 Å². The molecule has 7 heteroatoms. The molecule has 2 rings (SSSR count). The summed E-state index contributed by atoms with van der Waals surface area (Å²) in [7, 11) is 1.29. The molecule has 0 N–H and O–H groups in total. The smallest absolute Gasteiger partial charge is 0.318 e. The second kappa shape index (κ2) is 8.95. The largest absolute Gasteiger partial charge is 0.468 e. The van der Waals surface area contributed by atoms with E-state index in [2.05, 4.69) is 10.1 Å². The number of aromatic nitrogens is 3. The number of carbonyl (C=O) groups excluding carboxylic acids is 2. The molecule has 1 aromatic heterocycles. The molecule has 0 saturated carbocycles. The third-order valence-electron chi connectivity index (χ3n) is 4.54. The molecule has 144 valence electrons. The second-order valence-electron chi connectivity index (χ2n) is 6.80. The lowest BCUT2D eigenvalue weighted by atomic mass is 9.74. The number of benzene rings is 1. The van der Waals surface area contributed by atoms with Crippen molar-refractivity contribution in [1.29, 1.82) is 0 Å². The van der Waals surface area contributed by atoms with E-state index in [1.54, 1.807) is 16.8 Å². The molecule has 0 aliphatic carbocycles. The highest BCUT2D eigenvalue weighted by atomic mass is 35.5. The van der Waals surface area contributed by atoms with Gasteiger partial charge in [0, 0.05) is 5.02 Å². The first-order valence-electron chi connectivity index (χ1n) is 8.61. The van der Waals surface area contributed by atoms with Crippen LogP contribution in [0.1, 0.15) is 32.8 Å². The van der Waals surface area contributed by atoms with Crippen LogP contribution in [0.25, 0.3) is 0 Å². The van der Waals surface area contributed by atoms with Crippen molar-refractivity contribution >= 4 is 23.4 Å². The van der Waals surface area contributed by atoms with Crippen LogP contribution < -0.4 is 0 Å². The first-order chi connectivity index (χ1) is 12.8. The summed E-state index contributed by atoms with van der Waals surface area (Å²) in [6, 6.07) is 7.33. The summed E-state index contributed by atoms with van der Waals surface area (Å²) >= 11 is 6.01. The van der Waals surface area contributed by atoms with E-state index in [4.69, 9.17) is 16.3 Å². The highest BCUT2D eigenvalue weighted by molar-refractivity contribution is 6.30. The minimum Gasteiger partial charge on any atom is -0.468 e. The van der Waals surface area contributed by atoms with Gasteiger partial charge in [0.25, 0.3) is 0 Å². The molecule has 6 nitrogen and oxygen atoms in total. The highest BCUT2D eigenvalue weighted by Gasteiger charge is 2.48. The van der Waals surface area contributed by atoms with Crippen molar-refractivity contribution in [1.82, 2.24) is 14.8 Å². The molecule has 0 aliphatic heterocycles. The molecule has 27 heavy (non-hydrogen) atoms. The molecule has 0 amide bonds. The van der Waals surface area contributed by atoms with Crippen LogP contribution in [0.4, 0.5) is 0 Å². The zero-order chi connectivity index (χ0) is 20.0. The van der Waals surface area contributed by atoms with Gasteiger partial charge < -0.3 is 4.74 Å². The second-order valence-corrected chi connectivity index (χ2v) is 7.24. The van der Waals surface area contributed by atoms with Crippen LogP contribution in [-0.4, -0.2) is 33.6 Å². The topological polar surface area (TPSA) is 74.1 Å². The zero-order valence-corrected chi connectivity index (χ0v) is 16.7. The summed E-state index contributed by atoms with van der Waals surface area (Å²) in [6.45, 7) is 5.34. The van der Waals surface area contributed by atoms with Gasteiger partial charge in [-0.15, -0.1) is 0 Å². The Labute approximate surface area is 164 Å². The van der Waals surface area contributed by atoms with Crippen molar-refractivity contribution in [3.8, 4) is 0 Å². The highest BCUT2D eigenvalue weighted by Crippen LogP contribution is 2.36. The van der Waals surface area contributed by atoms with Crippen molar-refractivity contribution in [2.24, 2.45) is 5.92 Å². The molecule has 0 fully saturated rings. The number of ketones is 1. The molecule has 0 spiro atoms. The van der Waals surface area contributed by atoms with Gasteiger partial charge in [-0.05, 0) is 51.3 Å². The van der Waals surface area contributed by atoms with Gasteiger partial charge >= 0.3 is 5.97 Å². The summed E-state index contributed by atoms with van der Waals surface area (Å²) in [6.07, 6.45) is 5.73. The quantitative estimate of drug-likeness (QED) is 0.391. The molecule has 0 aliphatic rings. The predicted octanol–water partition coefficient (Wildman–Crippen LogP) is 3.60. The van der Waals surface area contributed by atoms with Crippen molar-refractivity contribution in [2.75, 3.05) is 7.11 Å². The van der Waals surface area contributed by atoms with Crippen LogP contribution in [0, 0.1) is 5.92 Å². The first-order valence-corrected chi connectivity index (χ1v) is 8.99. The van der Waals surface area contributed by atoms with Crippen molar-refractivity contribution < 1.29 is 14.3 Å². The van der Waals surface area contributed by atoms with Crippen LogP contribution in [0.2, 0.25) is 5.02 Å². The Balaban J connectivity index is 2.67. The summed E-state index contributed by atoms with van der Waals surface area (Å²) in [5.74, 6) is -1.90. The van der Waals surface area contributed by atoms with E-state index in [1.165, 1.54) is 26.7 Å². The van der Waals surface area contributed by atoms with Gasteiger partial charge in [-0.3, -0.25) is 9.59 Å². The summed E-state index contributed by atoms with van der Waals surface area (Å²) in [5, 5.41) is 4.91. The van der Waals surface area contributed by atoms with Gasteiger partial charge in [0.15, 0.2) is 0 Å². The van der Waals surface area contributed by atoms with Gasteiger partial charge in [0.1, 0.15) is 24.4 Å². The van der Waals surface area contributed by atoms with Crippen LogP contribution in [0.3, 0.4) is 0 Å². The maximum absolute atomic E-state index is 12.6. The molecule has 1 aromatic carbocycles. The van der Waals surface area contributed by atoms with Crippen LogP contribution in [0.5, 0.6) is 0 Å². The summed E-state index contributed by atoms with van der Waals surface area (Å²) in [4.78, 5) is 29.3. The minimum absolute atomic E-state index is 0.284. The third-order valence-corrected chi connectivity index (χ3v) is 4.80. The fourth-order valence-electron chi connectivity index (χ4n) is 3.26. The SMILES string of the molecule is COC(=O)C(C(C)=O)C(CC=C(C)C)(Cc1ccc(Cl)cc1)n1cncn1. The molecule has 2 atom stereocenters. The van der Waals surface area contributed by atoms with E-state index in [0.29, 0.717) is 17.9 Å². The normalized spacial score (nSPS) is 14.1. The van der Waals surface area contributed by atoms with Gasteiger partial charge in [-0.25, -0.2) is 9.67 Å². The molecule has 2 aromatic rings. The van der Waals surface area contributed by atoms with E-state index < -0.39 is 17.4 Å². The maximum Gasteiger partial charge on any atom is 0.318 e. The number of ether oxygens (including phenoxy) is 1. The molecule has 0 saturated heterocycles. The van der Waals surface area contributed by atoms with Crippen LogP contribution in [-0.2, 0) is 26.3 Å². The average molecular weight is 390 g/mol.